The second-order valence-electron chi connectivity index (χ2n) is 9.15. The summed E-state index contributed by atoms with van der Waals surface area (Å²) in [5.41, 5.74) is 3.48. The molecule has 0 spiro atoms. The molecule has 180 valence electrons. The largest absolute Gasteiger partial charge is 0.392 e. The van der Waals surface area contributed by atoms with Crippen molar-refractivity contribution in [2.75, 3.05) is 37.6 Å². The number of nitrogens with zero attached hydrogens (tertiary/aromatic N) is 4. The molecule has 0 aliphatic carbocycles. The number of aliphatic hydroxyl groups excluding tert-OH is 1. The molecule has 2 aromatic carbocycles. The van der Waals surface area contributed by atoms with E-state index in [4.69, 9.17) is 9.97 Å². The van der Waals surface area contributed by atoms with Gasteiger partial charge in [0.05, 0.1) is 6.10 Å². The van der Waals surface area contributed by atoms with Gasteiger partial charge < -0.3 is 10.0 Å². The molecule has 1 saturated heterocycles. The van der Waals surface area contributed by atoms with Crippen LogP contribution in [0.15, 0.2) is 54.6 Å². The zero-order chi connectivity index (χ0) is 23.9. The first-order chi connectivity index (χ1) is 16.5. The van der Waals surface area contributed by atoms with Crippen molar-refractivity contribution in [2.24, 2.45) is 0 Å². The standard InChI is InChI=1S/C28H35FN4O/c1-3-4-13-24(34)20-32-15-17-33(18-16-32)28-25(19-23-12-8-9-14-26(23)29)21(2)30-27(31-28)22-10-6-5-7-11-22/h5-12,14,24,34H,3-4,13,15-20H2,1-2H3. The maximum absolute atomic E-state index is 14.5. The first-order valence-electron chi connectivity index (χ1n) is 12.4. The van der Waals surface area contributed by atoms with Crippen LogP contribution in [0, 0.1) is 12.7 Å². The first kappa shape index (κ1) is 24.3. The monoisotopic (exact) mass is 462 g/mol. The number of unbranched alkanes of at least 4 members (excludes halogenated alkanes) is 1. The van der Waals surface area contributed by atoms with Gasteiger partial charge in [-0.25, -0.2) is 14.4 Å². The number of benzene rings is 2. The zero-order valence-corrected chi connectivity index (χ0v) is 20.3. The lowest BCUT2D eigenvalue weighted by Gasteiger charge is -2.37. The number of aliphatic hydroxyl groups is 1. The summed E-state index contributed by atoms with van der Waals surface area (Å²) in [5, 5.41) is 10.3. The third kappa shape index (κ3) is 5.99. The summed E-state index contributed by atoms with van der Waals surface area (Å²) in [4.78, 5) is 14.4. The van der Waals surface area contributed by atoms with Crippen LogP contribution in [0.4, 0.5) is 10.2 Å². The van der Waals surface area contributed by atoms with Gasteiger partial charge in [-0.3, -0.25) is 4.90 Å². The molecular weight excluding hydrogens is 427 g/mol. The molecule has 3 aromatic rings. The Morgan fingerprint density at radius 1 is 0.971 bits per heavy atom. The van der Waals surface area contributed by atoms with E-state index >= 15 is 0 Å². The lowest BCUT2D eigenvalue weighted by molar-refractivity contribution is 0.100. The van der Waals surface area contributed by atoms with Crippen LogP contribution in [0.3, 0.4) is 0 Å². The maximum atomic E-state index is 14.5. The van der Waals surface area contributed by atoms with Crippen molar-refractivity contribution in [1.82, 2.24) is 14.9 Å². The van der Waals surface area contributed by atoms with Gasteiger partial charge in [0.2, 0.25) is 0 Å². The highest BCUT2D eigenvalue weighted by atomic mass is 19.1. The van der Waals surface area contributed by atoms with Crippen molar-refractivity contribution >= 4 is 5.82 Å². The Kier molecular flexibility index (Phi) is 8.25. The molecule has 1 aliphatic heterocycles. The normalized spacial score (nSPS) is 15.5. The SMILES string of the molecule is CCCCC(O)CN1CCN(c2nc(-c3ccccc3)nc(C)c2Cc2ccccc2F)CC1. The van der Waals surface area contributed by atoms with Gasteiger partial charge in [0.15, 0.2) is 5.82 Å². The van der Waals surface area contributed by atoms with E-state index in [2.05, 4.69) is 16.7 Å². The minimum absolute atomic E-state index is 0.203. The number of rotatable bonds is 9. The van der Waals surface area contributed by atoms with Crippen LogP contribution in [0.25, 0.3) is 11.4 Å². The molecule has 5 nitrogen and oxygen atoms in total. The number of β-amino-alcohol motifs (C(OH)–C–C–N with tert-alkyl or cyclic N) is 1. The van der Waals surface area contributed by atoms with Crippen LogP contribution < -0.4 is 4.90 Å². The molecule has 0 saturated carbocycles. The van der Waals surface area contributed by atoms with E-state index in [1.54, 1.807) is 6.07 Å². The fourth-order valence-corrected chi connectivity index (χ4v) is 4.57. The number of aryl methyl sites for hydroxylation is 1. The molecule has 4 rings (SSSR count). The van der Waals surface area contributed by atoms with Gasteiger partial charge in [0, 0.05) is 56.0 Å². The van der Waals surface area contributed by atoms with E-state index in [9.17, 15) is 9.50 Å². The van der Waals surface area contributed by atoms with Crippen molar-refractivity contribution in [1.29, 1.82) is 0 Å². The topological polar surface area (TPSA) is 52.5 Å². The van der Waals surface area contributed by atoms with Crippen molar-refractivity contribution in [3.8, 4) is 11.4 Å². The minimum Gasteiger partial charge on any atom is -0.392 e. The van der Waals surface area contributed by atoms with Crippen LogP contribution in [-0.4, -0.2) is 58.8 Å². The lowest BCUT2D eigenvalue weighted by atomic mass is 10.0. The minimum atomic E-state index is -0.269. The van der Waals surface area contributed by atoms with Crippen LogP contribution >= 0.6 is 0 Å². The quantitative estimate of drug-likeness (QED) is 0.492. The fraction of sp³-hybridized carbons (Fsp3) is 0.429. The van der Waals surface area contributed by atoms with Crippen molar-refractivity contribution in [3.05, 3.63) is 77.2 Å². The third-order valence-corrected chi connectivity index (χ3v) is 6.58. The van der Waals surface area contributed by atoms with E-state index in [0.29, 0.717) is 24.4 Å². The Morgan fingerprint density at radius 2 is 1.68 bits per heavy atom. The Hall–Kier alpha value is -2.83. The predicted octanol–water partition coefficient (Wildman–Crippen LogP) is 4.86. The van der Waals surface area contributed by atoms with E-state index in [0.717, 1.165) is 68.1 Å². The first-order valence-corrected chi connectivity index (χ1v) is 12.4. The van der Waals surface area contributed by atoms with Crippen molar-refractivity contribution < 1.29 is 9.50 Å². The summed E-state index contributed by atoms with van der Waals surface area (Å²) in [6.45, 7) is 8.23. The molecule has 1 fully saturated rings. The highest BCUT2D eigenvalue weighted by molar-refractivity contribution is 5.61. The Balaban J connectivity index is 1.59. The molecule has 34 heavy (non-hydrogen) atoms. The molecule has 1 N–H and O–H groups in total. The summed E-state index contributed by atoms with van der Waals surface area (Å²) in [7, 11) is 0. The van der Waals surface area contributed by atoms with Crippen LogP contribution in [0.2, 0.25) is 0 Å². The molecule has 1 unspecified atom stereocenters. The van der Waals surface area contributed by atoms with Crippen LogP contribution in [-0.2, 0) is 6.42 Å². The molecule has 1 atom stereocenters. The Morgan fingerprint density at radius 3 is 2.38 bits per heavy atom. The number of piperazine rings is 1. The Labute approximate surface area is 202 Å². The van der Waals surface area contributed by atoms with Crippen LogP contribution in [0.1, 0.15) is 43.0 Å². The molecule has 1 aromatic heterocycles. The summed E-state index contributed by atoms with van der Waals surface area (Å²) < 4.78 is 14.5. The number of aromatic nitrogens is 2. The summed E-state index contributed by atoms with van der Waals surface area (Å²) in [6, 6.07) is 16.9. The molecule has 0 radical (unpaired) electrons. The highest BCUT2D eigenvalue weighted by Gasteiger charge is 2.24. The van der Waals surface area contributed by atoms with Crippen molar-refractivity contribution in [3.63, 3.8) is 0 Å². The maximum Gasteiger partial charge on any atom is 0.161 e. The average Bonchev–Trinajstić information content (AvgIpc) is 2.86. The second kappa shape index (κ2) is 11.5. The molecule has 0 amide bonds. The van der Waals surface area contributed by atoms with E-state index in [1.165, 1.54) is 6.07 Å². The summed E-state index contributed by atoms with van der Waals surface area (Å²) in [6.07, 6.45) is 3.21. The number of hydrogen-bond donors (Lipinski definition) is 1. The van der Waals surface area contributed by atoms with Gasteiger partial charge in [-0.15, -0.1) is 0 Å². The van der Waals surface area contributed by atoms with Gasteiger partial charge >= 0.3 is 0 Å². The van der Waals surface area contributed by atoms with Gasteiger partial charge in [-0.2, -0.15) is 0 Å². The van der Waals surface area contributed by atoms with E-state index in [-0.39, 0.29) is 11.9 Å². The molecular formula is C28H35FN4O. The average molecular weight is 463 g/mol. The molecule has 6 heteroatoms. The highest BCUT2D eigenvalue weighted by Crippen LogP contribution is 2.29. The van der Waals surface area contributed by atoms with E-state index < -0.39 is 0 Å². The predicted molar refractivity (Wildman–Crippen MR) is 136 cm³/mol. The van der Waals surface area contributed by atoms with Crippen LogP contribution in [0.5, 0.6) is 0 Å². The third-order valence-electron chi connectivity index (χ3n) is 6.58. The molecule has 2 heterocycles. The number of hydrogen-bond acceptors (Lipinski definition) is 5. The smallest absolute Gasteiger partial charge is 0.161 e. The number of halogens is 1. The van der Waals surface area contributed by atoms with Crippen molar-refractivity contribution in [2.45, 2.75) is 45.6 Å². The molecule has 0 bridgehead atoms. The van der Waals surface area contributed by atoms with Gasteiger partial charge in [0.25, 0.3) is 0 Å². The van der Waals surface area contributed by atoms with Gasteiger partial charge in [-0.1, -0.05) is 68.3 Å². The Bertz CT molecular complexity index is 1070. The van der Waals surface area contributed by atoms with Gasteiger partial charge in [-0.05, 0) is 25.0 Å². The molecule has 1 aliphatic rings. The summed E-state index contributed by atoms with van der Waals surface area (Å²) >= 11 is 0. The van der Waals surface area contributed by atoms with E-state index in [1.807, 2.05) is 49.4 Å². The zero-order valence-electron chi connectivity index (χ0n) is 20.3. The van der Waals surface area contributed by atoms with Gasteiger partial charge in [0.1, 0.15) is 11.6 Å². The lowest BCUT2D eigenvalue weighted by Crippen LogP contribution is -2.49. The second-order valence-corrected chi connectivity index (χ2v) is 9.15. The summed E-state index contributed by atoms with van der Waals surface area (Å²) in [5.74, 6) is 1.38. The fourth-order valence-electron chi connectivity index (χ4n) is 4.57. The number of anilines is 1.